The Balaban J connectivity index is 1.54. The van der Waals surface area contributed by atoms with E-state index in [1.165, 1.54) is 18.3 Å². The molecule has 0 fully saturated rings. The molecule has 26 heavy (non-hydrogen) atoms. The van der Waals surface area contributed by atoms with Gasteiger partial charge in [0.2, 0.25) is 5.82 Å². The van der Waals surface area contributed by atoms with Gasteiger partial charge < -0.3 is 9.40 Å². The molecule has 2 heterocycles. The predicted molar refractivity (Wildman–Crippen MR) is 90.1 cm³/mol. The maximum absolute atomic E-state index is 12.5. The zero-order chi connectivity index (χ0) is 18.1. The summed E-state index contributed by atoms with van der Waals surface area (Å²) in [7, 11) is 0. The van der Waals surface area contributed by atoms with E-state index < -0.39 is 17.8 Å². The first kappa shape index (κ1) is 15.8. The summed E-state index contributed by atoms with van der Waals surface area (Å²) >= 11 is 0. The van der Waals surface area contributed by atoms with Gasteiger partial charge in [0.15, 0.2) is 0 Å². The molecule has 7 heteroatoms. The van der Waals surface area contributed by atoms with Gasteiger partial charge >= 0.3 is 5.97 Å². The zero-order valence-electron chi connectivity index (χ0n) is 13.5. The van der Waals surface area contributed by atoms with Gasteiger partial charge in [0.1, 0.15) is 0 Å². The lowest BCUT2D eigenvalue weighted by Crippen LogP contribution is -2.33. The Kier molecular flexibility index (Phi) is 3.81. The third-order valence-electron chi connectivity index (χ3n) is 4.02. The second-order valence-electron chi connectivity index (χ2n) is 5.69. The van der Waals surface area contributed by atoms with E-state index in [1.54, 1.807) is 22.9 Å². The van der Waals surface area contributed by atoms with Crippen molar-refractivity contribution in [1.29, 1.82) is 0 Å². The van der Waals surface area contributed by atoms with Crippen LogP contribution in [0.2, 0.25) is 0 Å². The van der Waals surface area contributed by atoms with Crippen molar-refractivity contribution < 1.29 is 19.2 Å². The second kappa shape index (κ2) is 6.29. The average molecular weight is 347 g/mol. The van der Waals surface area contributed by atoms with Crippen LogP contribution >= 0.6 is 0 Å². The summed E-state index contributed by atoms with van der Waals surface area (Å²) in [6.07, 6.45) is 3.09. The molecule has 0 aliphatic carbocycles. The van der Waals surface area contributed by atoms with Crippen molar-refractivity contribution in [3.63, 3.8) is 0 Å². The van der Waals surface area contributed by atoms with E-state index in [0.717, 1.165) is 5.56 Å². The fourth-order valence-corrected chi connectivity index (χ4v) is 2.78. The summed E-state index contributed by atoms with van der Waals surface area (Å²) in [4.78, 5) is 46.1. The van der Waals surface area contributed by atoms with Gasteiger partial charge in [-0.15, -0.1) is 0 Å². The number of amides is 2. The van der Waals surface area contributed by atoms with Crippen LogP contribution in [0.3, 0.4) is 0 Å². The molecule has 4 rings (SSSR count). The van der Waals surface area contributed by atoms with E-state index in [4.69, 9.17) is 4.84 Å². The zero-order valence-corrected chi connectivity index (χ0v) is 13.5. The van der Waals surface area contributed by atoms with Gasteiger partial charge in [0, 0.05) is 18.9 Å². The number of benzene rings is 2. The molecular weight excluding hydrogens is 334 g/mol. The largest absolute Gasteiger partial charge is 0.399 e. The Hall–Kier alpha value is -3.74. The highest BCUT2D eigenvalue weighted by Gasteiger charge is 2.39. The first-order valence-electron chi connectivity index (χ1n) is 7.90. The van der Waals surface area contributed by atoms with Crippen LogP contribution in [-0.4, -0.2) is 32.4 Å². The molecule has 0 saturated carbocycles. The fourth-order valence-electron chi connectivity index (χ4n) is 2.78. The highest BCUT2D eigenvalue weighted by molar-refractivity contribution is 6.21. The van der Waals surface area contributed by atoms with E-state index in [1.807, 2.05) is 30.3 Å². The SMILES string of the molecule is O=C(ON1C(=O)c2ccccc2C1=O)c1nccn1Cc1ccccc1. The lowest BCUT2D eigenvalue weighted by molar-refractivity contribution is -0.0595. The lowest BCUT2D eigenvalue weighted by Gasteiger charge is -2.13. The third kappa shape index (κ3) is 2.65. The molecule has 0 spiro atoms. The van der Waals surface area contributed by atoms with Gasteiger partial charge in [-0.2, -0.15) is 0 Å². The van der Waals surface area contributed by atoms with Crippen LogP contribution in [0.4, 0.5) is 0 Å². The second-order valence-corrected chi connectivity index (χ2v) is 5.69. The highest BCUT2D eigenvalue weighted by Crippen LogP contribution is 2.23. The first-order valence-corrected chi connectivity index (χ1v) is 7.90. The molecule has 0 radical (unpaired) electrons. The Bertz CT molecular complexity index is 975. The summed E-state index contributed by atoms with van der Waals surface area (Å²) < 4.78 is 1.59. The maximum Gasteiger partial charge on any atom is 0.399 e. The van der Waals surface area contributed by atoms with Gasteiger partial charge in [-0.25, -0.2) is 9.78 Å². The van der Waals surface area contributed by atoms with Crippen LogP contribution in [0.5, 0.6) is 0 Å². The topological polar surface area (TPSA) is 81.5 Å². The van der Waals surface area contributed by atoms with Crippen LogP contribution in [0.1, 0.15) is 36.9 Å². The van der Waals surface area contributed by atoms with Crippen molar-refractivity contribution in [2.24, 2.45) is 0 Å². The Morgan fingerprint density at radius 2 is 1.54 bits per heavy atom. The van der Waals surface area contributed by atoms with E-state index >= 15 is 0 Å². The summed E-state index contributed by atoms with van der Waals surface area (Å²) in [5.41, 5.74) is 1.39. The lowest BCUT2D eigenvalue weighted by atomic mass is 10.1. The highest BCUT2D eigenvalue weighted by atomic mass is 16.7. The molecule has 0 unspecified atom stereocenters. The summed E-state index contributed by atoms with van der Waals surface area (Å²) in [6.45, 7) is 0.410. The molecule has 7 nitrogen and oxygen atoms in total. The predicted octanol–water partition coefficient (Wildman–Crippen LogP) is 2.30. The third-order valence-corrected chi connectivity index (χ3v) is 4.02. The standard InChI is InChI=1S/C19H13N3O4/c23-17-14-8-4-5-9-15(14)18(24)22(17)26-19(25)16-20-10-11-21(16)12-13-6-2-1-3-7-13/h1-11H,12H2. The van der Waals surface area contributed by atoms with Crippen LogP contribution in [0.25, 0.3) is 0 Å². The Morgan fingerprint density at radius 1 is 0.923 bits per heavy atom. The van der Waals surface area contributed by atoms with Crippen LogP contribution in [0, 0.1) is 0 Å². The molecule has 1 aliphatic rings. The Morgan fingerprint density at radius 3 is 2.19 bits per heavy atom. The van der Waals surface area contributed by atoms with Gasteiger partial charge in [0.05, 0.1) is 11.1 Å². The van der Waals surface area contributed by atoms with Crippen molar-refractivity contribution in [2.75, 3.05) is 0 Å². The number of carbonyl (C=O) groups is 3. The molecule has 3 aromatic rings. The van der Waals surface area contributed by atoms with Crippen molar-refractivity contribution in [2.45, 2.75) is 6.54 Å². The number of aromatic nitrogens is 2. The molecule has 2 aromatic carbocycles. The minimum Gasteiger partial charge on any atom is -0.321 e. The minimum absolute atomic E-state index is 0.00501. The van der Waals surface area contributed by atoms with Crippen molar-refractivity contribution in [1.82, 2.24) is 14.6 Å². The summed E-state index contributed by atoms with van der Waals surface area (Å²) in [5, 5.41) is 0.481. The molecule has 1 aromatic heterocycles. The number of imidazole rings is 1. The van der Waals surface area contributed by atoms with Gasteiger partial charge in [0.25, 0.3) is 11.8 Å². The molecule has 0 saturated heterocycles. The Labute approximate surface area is 148 Å². The molecule has 0 atom stereocenters. The smallest absolute Gasteiger partial charge is 0.321 e. The number of hydrogen-bond acceptors (Lipinski definition) is 5. The molecule has 2 amide bonds. The van der Waals surface area contributed by atoms with Gasteiger partial charge in [-0.3, -0.25) is 9.59 Å². The summed E-state index contributed by atoms with van der Waals surface area (Å²) in [5.74, 6) is -2.20. The van der Waals surface area contributed by atoms with E-state index in [2.05, 4.69) is 4.98 Å². The molecule has 128 valence electrons. The number of hydroxylamine groups is 2. The van der Waals surface area contributed by atoms with E-state index in [0.29, 0.717) is 11.6 Å². The summed E-state index contributed by atoms with van der Waals surface area (Å²) in [6, 6.07) is 15.8. The number of carbonyl (C=O) groups excluding carboxylic acids is 3. The van der Waals surface area contributed by atoms with Crippen LogP contribution in [-0.2, 0) is 11.4 Å². The van der Waals surface area contributed by atoms with Gasteiger partial charge in [-0.1, -0.05) is 47.5 Å². The minimum atomic E-state index is -0.875. The van der Waals surface area contributed by atoms with E-state index in [9.17, 15) is 14.4 Å². The van der Waals surface area contributed by atoms with E-state index in [-0.39, 0.29) is 17.0 Å². The maximum atomic E-state index is 12.5. The number of rotatable bonds is 4. The van der Waals surface area contributed by atoms with Gasteiger partial charge in [-0.05, 0) is 17.7 Å². The average Bonchev–Trinajstić information content (AvgIpc) is 3.22. The van der Waals surface area contributed by atoms with Crippen molar-refractivity contribution in [3.8, 4) is 0 Å². The van der Waals surface area contributed by atoms with Crippen molar-refractivity contribution >= 4 is 17.8 Å². The first-order chi connectivity index (χ1) is 12.6. The fraction of sp³-hybridized carbons (Fsp3) is 0.0526. The number of imide groups is 1. The molecule has 0 N–H and O–H groups in total. The van der Waals surface area contributed by atoms with Crippen LogP contribution < -0.4 is 0 Å². The quantitative estimate of drug-likeness (QED) is 0.677. The normalized spacial score (nSPS) is 13.0. The monoisotopic (exact) mass is 347 g/mol. The molecule has 1 aliphatic heterocycles. The number of hydrogen-bond donors (Lipinski definition) is 0. The van der Waals surface area contributed by atoms with Crippen LogP contribution in [0.15, 0.2) is 67.0 Å². The molecule has 0 bridgehead atoms. The van der Waals surface area contributed by atoms with Crippen molar-refractivity contribution in [3.05, 3.63) is 89.5 Å². The number of fused-ring (bicyclic) bond motifs is 1. The molecular formula is C19H13N3O4. The number of nitrogens with zero attached hydrogens (tertiary/aromatic N) is 3.